The third-order valence-corrected chi connectivity index (χ3v) is 3.94. The van der Waals surface area contributed by atoms with Gasteiger partial charge in [0.1, 0.15) is 17.1 Å². The van der Waals surface area contributed by atoms with E-state index in [0.29, 0.717) is 0 Å². The zero-order chi connectivity index (χ0) is 19.9. The van der Waals surface area contributed by atoms with Crippen LogP contribution in [0.4, 0.5) is 4.79 Å². The zero-order valence-electron chi connectivity index (χ0n) is 16.8. The number of aryl methyl sites for hydroxylation is 1. The molecule has 0 saturated carbocycles. The van der Waals surface area contributed by atoms with Crippen LogP contribution in [0.15, 0.2) is 42.5 Å². The van der Waals surface area contributed by atoms with E-state index in [1.807, 2.05) is 39.0 Å². The first kappa shape index (κ1) is 20.6. The average molecular weight is 371 g/mol. The normalized spacial score (nSPS) is 12.6. The number of methoxy groups -OCH3 is 1. The Balaban J connectivity index is 0.000000249. The van der Waals surface area contributed by atoms with Crippen molar-refractivity contribution in [1.82, 2.24) is 5.32 Å². The summed E-state index contributed by atoms with van der Waals surface area (Å²) >= 11 is 0. The van der Waals surface area contributed by atoms with Gasteiger partial charge in [0.2, 0.25) is 0 Å². The van der Waals surface area contributed by atoms with E-state index in [2.05, 4.69) is 29.6 Å². The van der Waals surface area contributed by atoms with E-state index in [9.17, 15) is 4.79 Å². The molecule has 2 aromatic rings. The summed E-state index contributed by atoms with van der Waals surface area (Å²) in [5, 5.41) is 2.36. The highest BCUT2D eigenvalue weighted by atomic mass is 16.6. The molecule has 0 fully saturated rings. The highest BCUT2D eigenvalue weighted by Crippen LogP contribution is 2.34. The van der Waals surface area contributed by atoms with Gasteiger partial charge >= 0.3 is 6.09 Å². The Hall–Kier alpha value is -2.69. The molecule has 5 heteroatoms. The molecule has 0 saturated heterocycles. The van der Waals surface area contributed by atoms with Gasteiger partial charge in [-0.1, -0.05) is 30.3 Å². The van der Waals surface area contributed by atoms with Gasteiger partial charge in [0, 0.05) is 12.6 Å². The second kappa shape index (κ2) is 9.31. The van der Waals surface area contributed by atoms with E-state index in [1.54, 1.807) is 7.11 Å². The smallest absolute Gasteiger partial charge is 0.407 e. The quantitative estimate of drug-likeness (QED) is 0.822. The third-order valence-electron chi connectivity index (χ3n) is 3.94. The molecule has 146 valence electrons. The molecule has 1 N–H and O–H groups in total. The van der Waals surface area contributed by atoms with Crippen LogP contribution in [0, 0.1) is 0 Å². The van der Waals surface area contributed by atoms with Crippen LogP contribution in [0.1, 0.15) is 32.8 Å². The van der Waals surface area contributed by atoms with Crippen molar-refractivity contribution in [2.75, 3.05) is 20.8 Å². The molecule has 0 bridgehead atoms. The Kier molecular flexibility index (Phi) is 7.11. The third kappa shape index (κ3) is 6.20. The molecule has 0 spiro atoms. The maximum atomic E-state index is 10.5. The summed E-state index contributed by atoms with van der Waals surface area (Å²) in [6.45, 7) is 6.29. The number of ether oxygens (including phenoxy) is 3. The van der Waals surface area contributed by atoms with E-state index >= 15 is 0 Å². The minimum atomic E-state index is -0.389. The van der Waals surface area contributed by atoms with E-state index in [-0.39, 0.29) is 11.7 Å². The first-order valence-electron chi connectivity index (χ1n) is 9.14. The van der Waals surface area contributed by atoms with Gasteiger partial charge in [-0.2, -0.15) is 0 Å². The van der Waals surface area contributed by atoms with E-state index < -0.39 is 0 Å². The Labute approximate surface area is 161 Å². The lowest BCUT2D eigenvalue weighted by molar-refractivity contribution is 0.0541. The van der Waals surface area contributed by atoms with Crippen molar-refractivity contribution in [3.8, 4) is 22.6 Å². The number of carbonyl (C=O) groups excluding carboxylic acids is 1. The molecule has 0 radical (unpaired) electrons. The van der Waals surface area contributed by atoms with Gasteiger partial charge in [-0.05, 0) is 56.9 Å². The van der Waals surface area contributed by atoms with Crippen molar-refractivity contribution in [3.63, 3.8) is 0 Å². The number of alkyl carbamates (subject to hydrolysis) is 1. The molecule has 1 amide bonds. The van der Waals surface area contributed by atoms with E-state index in [0.717, 1.165) is 42.1 Å². The van der Waals surface area contributed by atoms with Crippen LogP contribution in [0.25, 0.3) is 11.1 Å². The summed E-state index contributed by atoms with van der Waals surface area (Å²) in [6.07, 6.45) is 1.84. The number of hydrogen-bond donors (Lipinski definition) is 1. The topological polar surface area (TPSA) is 56.8 Å². The first-order valence-corrected chi connectivity index (χ1v) is 9.14. The lowest BCUT2D eigenvalue weighted by Gasteiger charge is -2.18. The van der Waals surface area contributed by atoms with Crippen molar-refractivity contribution in [2.45, 2.75) is 39.2 Å². The lowest BCUT2D eigenvalue weighted by Crippen LogP contribution is -2.30. The molecule has 3 rings (SSSR count). The Morgan fingerprint density at radius 2 is 1.89 bits per heavy atom. The van der Waals surface area contributed by atoms with Gasteiger partial charge in [0.25, 0.3) is 0 Å². The summed E-state index contributed by atoms with van der Waals surface area (Å²) in [5.74, 6) is 1.91. The minimum absolute atomic E-state index is 0.387. The fourth-order valence-corrected chi connectivity index (χ4v) is 2.72. The highest BCUT2D eigenvalue weighted by molar-refractivity contribution is 5.72. The fraction of sp³-hybridized carbons (Fsp3) is 0.409. The molecule has 2 aromatic carbocycles. The van der Waals surface area contributed by atoms with Crippen LogP contribution in [0.2, 0.25) is 0 Å². The second-order valence-electron chi connectivity index (χ2n) is 7.23. The molecule has 0 atom stereocenters. The zero-order valence-corrected chi connectivity index (χ0v) is 16.8. The molecule has 1 aliphatic heterocycles. The maximum absolute atomic E-state index is 10.5. The maximum Gasteiger partial charge on any atom is 0.407 e. The van der Waals surface area contributed by atoms with Crippen molar-refractivity contribution >= 4 is 6.09 Å². The predicted octanol–water partition coefficient (Wildman–Crippen LogP) is 4.83. The molecule has 1 aliphatic rings. The van der Waals surface area contributed by atoms with Gasteiger partial charge in [-0.25, -0.2) is 4.79 Å². The monoisotopic (exact) mass is 371 g/mol. The summed E-state index contributed by atoms with van der Waals surface area (Å²) in [4.78, 5) is 10.5. The minimum Gasteiger partial charge on any atom is -0.496 e. The number of fused-ring (bicyclic) bond motifs is 1. The Morgan fingerprint density at radius 3 is 2.52 bits per heavy atom. The molecule has 0 aromatic heterocycles. The molecule has 1 heterocycles. The molecule has 5 nitrogen and oxygen atoms in total. The van der Waals surface area contributed by atoms with Gasteiger partial charge in [0.05, 0.1) is 13.7 Å². The summed E-state index contributed by atoms with van der Waals surface area (Å²) < 4.78 is 16.0. The number of rotatable bonds is 2. The lowest BCUT2D eigenvalue weighted by atomic mass is 9.99. The van der Waals surface area contributed by atoms with Crippen LogP contribution < -0.4 is 14.8 Å². The van der Waals surface area contributed by atoms with Crippen LogP contribution >= 0.6 is 0 Å². The Morgan fingerprint density at radius 1 is 1.15 bits per heavy atom. The van der Waals surface area contributed by atoms with Crippen molar-refractivity contribution in [1.29, 1.82) is 0 Å². The number of carbonyl (C=O) groups is 1. The largest absolute Gasteiger partial charge is 0.496 e. The van der Waals surface area contributed by atoms with Gasteiger partial charge in [-0.3, -0.25) is 0 Å². The standard InChI is InChI=1S/C16H16O2.C6H13NO2/c1-17-15-7-3-2-6-14(15)13-9-8-12-5-4-10-18-16(12)11-13;1-6(2,3)9-5(8)7-4/h2-3,6-9,11H,4-5,10H2,1H3;1-4H3,(H,7,8). The summed E-state index contributed by atoms with van der Waals surface area (Å²) in [5.41, 5.74) is 3.17. The first-order chi connectivity index (χ1) is 12.8. The Bertz CT molecular complexity index is 765. The van der Waals surface area contributed by atoms with Gasteiger partial charge < -0.3 is 19.5 Å². The van der Waals surface area contributed by atoms with Gasteiger partial charge in [-0.15, -0.1) is 0 Å². The van der Waals surface area contributed by atoms with Crippen LogP contribution in [0.5, 0.6) is 11.5 Å². The molecular formula is C22H29NO4. The fourth-order valence-electron chi connectivity index (χ4n) is 2.72. The van der Waals surface area contributed by atoms with E-state index in [1.165, 1.54) is 12.6 Å². The summed E-state index contributed by atoms with van der Waals surface area (Å²) in [7, 11) is 3.24. The van der Waals surface area contributed by atoms with Crippen LogP contribution in [-0.4, -0.2) is 32.5 Å². The average Bonchev–Trinajstić information content (AvgIpc) is 2.66. The summed E-state index contributed by atoms with van der Waals surface area (Å²) in [6, 6.07) is 14.5. The molecule has 0 aliphatic carbocycles. The second-order valence-corrected chi connectivity index (χ2v) is 7.23. The van der Waals surface area contributed by atoms with E-state index in [4.69, 9.17) is 14.2 Å². The molecule has 27 heavy (non-hydrogen) atoms. The number of amides is 1. The van der Waals surface area contributed by atoms with Gasteiger partial charge in [0.15, 0.2) is 0 Å². The molecular weight excluding hydrogens is 342 g/mol. The predicted molar refractivity (Wildman–Crippen MR) is 108 cm³/mol. The van der Waals surface area contributed by atoms with Crippen molar-refractivity contribution < 1.29 is 19.0 Å². The van der Waals surface area contributed by atoms with Crippen LogP contribution in [-0.2, 0) is 11.2 Å². The number of nitrogens with one attached hydrogen (secondary N) is 1. The van der Waals surface area contributed by atoms with Crippen LogP contribution in [0.3, 0.4) is 0 Å². The molecule has 0 unspecified atom stereocenters. The number of hydrogen-bond acceptors (Lipinski definition) is 4. The SMILES string of the molecule is CNC(=O)OC(C)(C)C.COc1ccccc1-c1ccc2c(c1)OCCC2. The van der Waals surface area contributed by atoms with Crippen molar-refractivity contribution in [3.05, 3.63) is 48.0 Å². The highest BCUT2D eigenvalue weighted by Gasteiger charge is 2.14. The van der Waals surface area contributed by atoms with Crippen molar-refractivity contribution in [2.24, 2.45) is 0 Å². The number of benzene rings is 2. The number of para-hydroxylation sites is 1.